The molecule has 0 atom stereocenters. The zero-order valence-corrected chi connectivity index (χ0v) is 12.3. The van der Waals surface area contributed by atoms with Crippen LogP contribution in [-0.4, -0.2) is 34.3 Å². The van der Waals surface area contributed by atoms with E-state index in [1.807, 2.05) is 6.92 Å². The molecule has 1 aliphatic rings. The summed E-state index contributed by atoms with van der Waals surface area (Å²) in [6, 6.07) is 5.12. The van der Waals surface area contributed by atoms with Crippen LogP contribution < -0.4 is 0 Å². The van der Waals surface area contributed by atoms with Crippen molar-refractivity contribution in [3.8, 4) is 5.75 Å². The van der Waals surface area contributed by atoms with Gasteiger partial charge in [-0.1, -0.05) is 27.6 Å². The minimum atomic E-state index is -0.103. The number of carbonyl (C=O) groups excluding carboxylic acids is 1. The highest BCUT2D eigenvalue weighted by atomic mass is 79.9. The summed E-state index contributed by atoms with van der Waals surface area (Å²) in [7, 11) is 1.80. The lowest BCUT2D eigenvalue weighted by molar-refractivity contribution is 0.0745. The Morgan fingerprint density at radius 1 is 1.50 bits per heavy atom. The number of aryl methyl sites for hydroxylation is 1. The molecule has 0 bridgehead atoms. The monoisotopic (exact) mass is 311 g/mol. The second-order valence-electron chi connectivity index (χ2n) is 5.14. The number of hydrogen-bond donors (Lipinski definition) is 1. The highest BCUT2D eigenvalue weighted by molar-refractivity contribution is 9.09. The molecule has 0 unspecified atom stereocenters. The van der Waals surface area contributed by atoms with E-state index in [0.717, 1.165) is 24.9 Å². The zero-order chi connectivity index (χ0) is 13.3. The van der Waals surface area contributed by atoms with Crippen LogP contribution in [0, 0.1) is 12.8 Å². The second kappa shape index (κ2) is 5.31. The van der Waals surface area contributed by atoms with Crippen molar-refractivity contribution in [2.24, 2.45) is 5.92 Å². The van der Waals surface area contributed by atoms with Crippen LogP contribution >= 0.6 is 15.9 Å². The van der Waals surface area contributed by atoms with E-state index in [-0.39, 0.29) is 11.7 Å². The third-order valence-corrected chi connectivity index (χ3v) is 4.19. The summed E-state index contributed by atoms with van der Waals surface area (Å²) in [5.74, 6) is 0.536. The largest absolute Gasteiger partial charge is 0.507 e. The van der Waals surface area contributed by atoms with Crippen LogP contribution in [0.1, 0.15) is 28.8 Å². The van der Waals surface area contributed by atoms with Crippen LogP contribution in [0.2, 0.25) is 0 Å². The Kier molecular flexibility index (Phi) is 3.95. The Morgan fingerprint density at radius 2 is 2.17 bits per heavy atom. The van der Waals surface area contributed by atoms with Gasteiger partial charge in [-0.2, -0.15) is 0 Å². The third-order valence-electron chi connectivity index (χ3n) is 3.44. The molecule has 1 aromatic carbocycles. The lowest BCUT2D eigenvalue weighted by Crippen LogP contribution is -2.37. The first kappa shape index (κ1) is 13.4. The molecule has 3 nitrogen and oxygen atoms in total. The van der Waals surface area contributed by atoms with E-state index in [1.165, 1.54) is 0 Å². The summed E-state index contributed by atoms with van der Waals surface area (Å²) in [4.78, 5) is 14.5. The molecule has 98 valence electrons. The molecule has 0 radical (unpaired) electrons. The van der Waals surface area contributed by atoms with E-state index < -0.39 is 0 Å². The van der Waals surface area contributed by atoms with Crippen molar-refractivity contribution in [3.63, 3.8) is 0 Å². The molecule has 0 saturated heterocycles. The van der Waals surface area contributed by atoms with Gasteiger partial charge in [-0.3, -0.25) is 4.79 Å². The van der Waals surface area contributed by atoms with Gasteiger partial charge < -0.3 is 10.0 Å². The number of benzene rings is 1. The first-order valence-corrected chi connectivity index (χ1v) is 7.08. The van der Waals surface area contributed by atoms with E-state index in [9.17, 15) is 9.90 Å². The SMILES string of the molecule is Cc1ccc(O)c(C(=O)N(C)CC2CC(Br)C2)c1. The molecule has 0 heterocycles. The van der Waals surface area contributed by atoms with Crippen LogP contribution in [0.4, 0.5) is 0 Å². The number of carbonyl (C=O) groups is 1. The number of nitrogens with zero attached hydrogens (tertiary/aromatic N) is 1. The van der Waals surface area contributed by atoms with E-state index in [0.29, 0.717) is 16.3 Å². The van der Waals surface area contributed by atoms with Crippen molar-refractivity contribution in [1.29, 1.82) is 0 Å². The third kappa shape index (κ3) is 2.86. The van der Waals surface area contributed by atoms with Crippen molar-refractivity contribution < 1.29 is 9.90 Å². The molecule has 1 saturated carbocycles. The number of amides is 1. The molecule has 18 heavy (non-hydrogen) atoms. The fourth-order valence-corrected chi connectivity index (χ4v) is 3.36. The number of alkyl halides is 1. The molecule has 1 amide bonds. The van der Waals surface area contributed by atoms with Crippen molar-refractivity contribution in [1.82, 2.24) is 4.90 Å². The van der Waals surface area contributed by atoms with Gasteiger partial charge in [-0.15, -0.1) is 0 Å². The predicted octanol–water partition coefficient (Wildman–Crippen LogP) is 2.95. The zero-order valence-electron chi connectivity index (χ0n) is 10.7. The number of halogens is 1. The molecule has 0 spiro atoms. The van der Waals surface area contributed by atoms with Gasteiger partial charge in [0.1, 0.15) is 5.75 Å². The van der Waals surface area contributed by atoms with Crippen molar-refractivity contribution in [2.45, 2.75) is 24.6 Å². The molecule has 0 aliphatic heterocycles. The van der Waals surface area contributed by atoms with Gasteiger partial charge in [0.05, 0.1) is 5.56 Å². The maximum atomic E-state index is 12.2. The molecule has 1 fully saturated rings. The normalized spacial score (nSPS) is 22.4. The smallest absolute Gasteiger partial charge is 0.257 e. The van der Waals surface area contributed by atoms with E-state index in [2.05, 4.69) is 15.9 Å². The Hall–Kier alpha value is -1.03. The predicted molar refractivity (Wildman–Crippen MR) is 75.2 cm³/mol. The van der Waals surface area contributed by atoms with Gasteiger partial charge in [-0.05, 0) is 37.8 Å². The summed E-state index contributed by atoms with van der Waals surface area (Å²) in [6.45, 7) is 2.67. The average Bonchev–Trinajstić information content (AvgIpc) is 2.29. The molecule has 1 aromatic rings. The minimum Gasteiger partial charge on any atom is -0.507 e. The quantitative estimate of drug-likeness (QED) is 0.872. The van der Waals surface area contributed by atoms with Gasteiger partial charge >= 0.3 is 0 Å². The summed E-state index contributed by atoms with van der Waals surface area (Å²) in [5, 5.41) is 9.75. The molecule has 4 heteroatoms. The van der Waals surface area contributed by atoms with Crippen molar-refractivity contribution in [2.75, 3.05) is 13.6 Å². The highest BCUT2D eigenvalue weighted by Gasteiger charge is 2.29. The summed E-state index contributed by atoms with van der Waals surface area (Å²) >= 11 is 3.55. The average molecular weight is 312 g/mol. The summed E-state index contributed by atoms with van der Waals surface area (Å²) in [5.41, 5.74) is 1.38. The fraction of sp³-hybridized carbons (Fsp3) is 0.500. The number of hydrogen-bond acceptors (Lipinski definition) is 2. The number of rotatable bonds is 3. The molecule has 0 aromatic heterocycles. The Balaban J connectivity index is 2.03. The fourth-order valence-electron chi connectivity index (χ4n) is 2.30. The van der Waals surface area contributed by atoms with Crippen LogP contribution in [0.25, 0.3) is 0 Å². The number of aromatic hydroxyl groups is 1. The Bertz CT molecular complexity index is 455. The van der Waals surface area contributed by atoms with Crippen LogP contribution in [0.5, 0.6) is 5.75 Å². The van der Waals surface area contributed by atoms with Gasteiger partial charge in [0.25, 0.3) is 5.91 Å². The minimum absolute atomic E-state index is 0.0597. The molecule has 1 aliphatic carbocycles. The highest BCUT2D eigenvalue weighted by Crippen LogP contribution is 2.34. The standard InChI is InChI=1S/C14H18BrNO2/c1-9-3-4-13(17)12(5-9)14(18)16(2)8-10-6-11(15)7-10/h3-5,10-11,17H,6-8H2,1-2H3. The van der Waals surface area contributed by atoms with Gasteiger partial charge in [0.2, 0.25) is 0 Å². The summed E-state index contributed by atoms with van der Waals surface area (Å²) in [6.07, 6.45) is 2.24. The maximum absolute atomic E-state index is 12.2. The first-order chi connectivity index (χ1) is 8.47. The topological polar surface area (TPSA) is 40.5 Å². The van der Waals surface area contributed by atoms with Gasteiger partial charge in [-0.25, -0.2) is 0 Å². The van der Waals surface area contributed by atoms with Crippen LogP contribution in [-0.2, 0) is 0 Å². The number of phenolic OH excluding ortho intramolecular Hbond substituents is 1. The number of phenols is 1. The lowest BCUT2D eigenvalue weighted by atomic mass is 9.85. The first-order valence-electron chi connectivity index (χ1n) is 6.16. The van der Waals surface area contributed by atoms with E-state index >= 15 is 0 Å². The van der Waals surface area contributed by atoms with Gasteiger partial charge in [0, 0.05) is 18.4 Å². The molecule has 2 rings (SSSR count). The molecular formula is C14H18BrNO2. The van der Waals surface area contributed by atoms with Crippen LogP contribution in [0.3, 0.4) is 0 Å². The maximum Gasteiger partial charge on any atom is 0.257 e. The van der Waals surface area contributed by atoms with Crippen LogP contribution in [0.15, 0.2) is 18.2 Å². The van der Waals surface area contributed by atoms with E-state index in [4.69, 9.17) is 0 Å². The summed E-state index contributed by atoms with van der Waals surface area (Å²) < 4.78 is 0. The van der Waals surface area contributed by atoms with Crippen molar-refractivity contribution in [3.05, 3.63) is 29.3 Å². The Labute approximate surface area is 116 Å². The van der Waals surface area contributed by atoms with Gasteiger partial charge in [0.15, 0.2) is 0 Å². The molecule has 1 N–H and O–H groups in total. The lowest BCUT2D eigenvalue weighted by Gasteiger charge is -2.34. The second-order valence-corrected chi connectivity index (χ2v) is 6.44. The molecular weight excluding hydrogens is 294 g/mol. The Morgan fingerprint density at radius 3 is 2.78 bits per heavy atom. The van der Waals surface area contributed by atoms with Crippen molar-refractivity contribution >= 4 is 21.8 Å². The van der Waals surface area contributed by atoms with E-state index in [1.54, 1.807) is 30.1 Å².